The van der Waals surface area contributed by atoms with Crippen LogP contribution < -0.4 is 10.5 Å². The number of nitro benzene ring substituents is 1. The van der Waals surface area contributed by atoms with E-state index < -0.39 is 0 Å². The monoisotopic (exact) mass is 278 g/mol. The standard InChI is InChI=1S/C15H22N2O3/c1-12-6-7-13(10-14(12)17(18)19)20-11-15(16)8-4-2-3-5-9-15/h6-7,10H,2-5,8-9,11,16H2,1H3. The first kappa shape index (κ1) is 14.8. The lowest BCUT2D eigenvalue weighted by Crippen LogP contribution is -2.45. The van der Waals surface area contributed by atoms with Gasteiger partial charge in [0.05, 0.1) is 16.5 Å². The number of nitrogens with zero attached hydrogens (tertiary/aromatic N) is 1. The van der Waals surface area contributed by atoms with Crippen molar-refractivity contribution in [3.8, 4) is 5.75 Å². The van der Waals surface area contributed by atoms with E-state index in [2.05, 4.69) is 0 Å². The number of hydrogen-bond acceptors (Lipinski definition) is 4. The first-order chi connectivity index (χ1) is 9.50. The van der Waals surface area contributed by atoms with Crippen molar-refractivity contribution in [1.29, 1.82) is 0 Å². The molecule has 1 aliphatic carbocycles. The Morgan fingerprint density at radius 2 is 1.95 bits per heavy atom. The molecule has 0 bridgehead atoms. The molecule has 1 aromatic carbocycles. The molecular formula is C15H22N2O3. The second-order valence-electron chi connectivity index (χ2n) is 5.77. The smallest absolute Gasteiger partial charge is 0.276 e. The summed E-state index contributed by atoms with van der Waals surface area (Å²) in [5.74, 6) is 0.524. The Balaban J connectivity index is 2.03. The van der Waals surface area contributed by atoms with Crippen LogP contribution in [0.5, 0.6) is 5.75 Å². The van der Waals surface area contributed by atoms with E-state index in [1.54, 1.807) is 19.1 Å². The molecule has 1 aliphatic rings. The third-order valence-electron chi connectivity index (χ3n) is 4.00. The number of ether oxygens (including phenoxy) is 1. The maximum absolute atomic E-state index is 10.9. The molecule has 0 amide bonds. The van der Waals surface area contributed by atoms with Crippen molar-refractivity contribution in [2.24, 2.45) is 5.73 Å². The highest BCUT2D eigenvalue weighted by molar-refractivity contribution is 5.45. The number of nitro groups is 1. The van der Waals surface area contributed by atoms with E-state index in [4.69, 9.17) is 10.5 Å². The maximum atomic E-state index is 10.9. The fourth-order valence-electron chi connectivity index (χ4n) is 2.68. The van der Waals surface area contributed by atoms with Gasteiger partial charge in [-0.1, -0.05) is 25.7 Å². The van der Waals surface area contributed by atoms with Gasteiger partial charge in [0.2, 0.25) is 0 Å². The third-order valence-corrected chi connectivity index (χ3v) is 4.00. The minimum Gasteiger partial charge on any atom is -0.491 e. The lowest BCUT2D eigenvalue weighted by atomic mass is 9.92. The largest absolute Gasteiger partial charge is 0.491 e. The first-order valence-corrected chi connectivity index (χ1v) is 7.17. The molecular weight excluding hydrogens is 256 g/mol. The van der Waals surface area contributed by atoms with Crippen LogP contribution in [0.1, 0.15) is 44.1 Å². The Bertz CT molecular complexity index is 480. The van der Waals surface area contributed by atoms with Crippen LogP contribution in [0.4, 0.5) is 5.69 Å². The molecule has 110 valence electrons. The van der Waals surface area contributed by atoms with Gasteiger partial charge in [-0.05, 0) is 31.9 Å². The molecule has 0 aliphatic heterocycles. The second-order valence-corrected chi connectivity index (χ2v) is 5.77. The molecule has 0 radical (unpaired) electrons. The number of hydrogen-bond donors (Lipinski definition) is 1. The fraction of sp³-hybridized carbons (Fsp3) is 0.600. The zero-order valence-corrected chi connectivity index (χ0v) is 11.9. The van der Waals surface area contributed by atoms with Crippen LogP contribution in [0.2, 0.25) is 0 Å². The van der Waals surface area contributed by atoms with Crippen molar-refractivity contribution >= 4 is 5.69 Å². The molecule has 0 aromatic heterocycles. The van der Waals surface area contributed by atoms with E-state index in [0.29, 0.717) is 17.9 Å². The highest BCUT2D eigenvalue weighted by Gasteiger charge is 2.27. The van der Waals surface area contributed by atoms with Crippen LogP contribution in [0.3, 0.4) is 0 Å². The highest BCUT2D eigenvalue weighted by atomic mass is 16.6. The van der Waals surface area contributed by atoms with Gasteiger partial charge >= 0.3 is 0 Å². The molecule has 0 heterocycles. The van der Waals surface area contributed by atoms with Crippen molar-refractivity contribution < 1.29 is 9.66 Å². The van der Waals surface area contributed by atoms with Crippen LogP contribution in [0, 0.1) is 17.0 Å². The third kappa shape index (κ3) is 3.70. The summed E-state index contributed by atoms with van der Waals surface area (Å²) < 4.78 is 5.72. The van der Waals surface area contributed by atoms with Crippen molar-refractivity contribution in [2.75, 3.05) is 6.61 Å². The summed E-state index contributed by atoms with van der Waals surface area (Å²) in [7, 11) is 0. The zero-order valence-electron chi connectivity index (χ0n) is 11.9. The molecule has 2 rings (SSSR count). The van der Waals surface area contributed by atoms with Crippen LogP contribution in [0.15, 0.2) is 18.2 Å². The fourth-order valence-corrected chi connectivity index (χ4v) is 2.68. The van der Waals surface area contributed by atoms with E-state index in [9.17, 15) is 10.1 Å². The zero-order chi connectivity index (χ0) is 14.6. The average Bonchev–Trinajstić information content (AvgIpc) is 2.63. The molecule has 0 unspecified atom stereocenters. The summed E-state index contributed by atoms with van der Waals surface area (Å²) in [5.41, 5.74) is 6.81. The van der Waals surface area contributed by atoms with Gasteiger partial charge in [-0.25, -0.2) is 0 Å². The van der Waals surface area contributed by atoms with Gasteiger partial charge in [0.25, 0.3) is 5.69 Å². The Morgan fingerprint density at radius 3 is 2.55 bits per heavy atom. The Kier molecular flexibility index (Phi) is 4.60. The second kappa shape index (κ2) is 6.22. The topological polar surface area (TPSA) is 78.4 Å². The summed E-state index contributed by atoms with van der Waals surface area (Å²) >= 11 is 0. The molecule has 0 saturated heterocycles. The molecule has 5 nitrogen and oxygen atoms in total. The molecule has 5 heteroatoms. The van der Waals surface area contributed by atoms with E-state index in [-0.39, 0.29) is 16.1 Å². The van der Waals surface area contributed by atoms with Crippen LogP contribution >= 0.6 is 0 Å². The van der Waals surface area contributed by atoms with Crippen LogP contribution in [0.25, 0.3) is 0 Å². The molecule has 20 heavy (non-hydrogen) atoms. The van der Waals surface area contributed by atoms with Crippen LogP contribution in [-0.2, 0) is 0 Å². The molecule has 1 saturated carbocycles. The summed E-state index contributed by atoms with van der Waals surface area (Å²) in [6.07, 6.45) is 6.65. The highest BCUT2D eigenvalue weighted by Crippen LogP contribution is 2.28. The van der Waals surface area contributed by atoms with Gasteiger partial charge in [-0.15, -0.1) is 0 Å². The first-order valence-electron chi connectivity index (χ1n) is 7.17. The van der Waals surface area contributed by atoms with Gasteiger partial charge in [-0.2, -0.15) is 0 Å². The lowest BCUT2D eigenvalue weighted by Gasteiger charge is -2.27. The summed E-state index contributed by atoms with van der Waals surface area (Å²) in [5, 5.41) is 10.9. The van der Waals surface area contributed by atoms with Gasteiger partial charge in [0, 0.05) is 5.56 Å². The van der Waals surface area contributed by atoms with E-state index in [0.717, 1.165) is 25.7 Å². The number of rotatable bonds is 4. The number of aryl methyl sites for hydroxylation is 1. The predicted octanol–water partition coefficient (Wildman–Crippen LogP) is 3.33. The van der Waals surface area contributed by atoms with E-state index >= 15 is 0 Å². The van der Waals surface area contributed by atoms with Crippen LogP contribution in [-0.4, -0.2) is 17.1 Å². The van der Waals surface area contributed by atoms with Gasteiger partial charge in [0.15, 0.2) is 0 Å². The quantitative estimate of drug-likeness (QED) is 0.520. The van der Waals surface area contributed by atoms with Crippen molar-refractivity contribution in [3.63, 3.8) is 0 Å². The molecule has 1 aromatic rings. The Morgan fingerprint density at radius 1 is 1.30 bits per heavy atom. The predicted molar refractivity (Wildman–Crippen MR) is 77.9 cm³/mol. The summed E-state index contributed by atoms with van der Waals surface area (Å²) in [6, 6.07) is 4.96. The number of nitrogens with two attached hydrogens (primary N) is 1. The van der Waals surface area contributed by atoms with E-state index in [1.807, 2.05) is 0 Å². The van der Waals surface area contributed by atoms with Gasteiger partial charge in [0.1, 0.15) is 12.4 Å². The molecule has 0 spiro atoms. The SMILES string of the molecule is Cc1ccc(OCC2(N)CCCCCC2)cc1[N+](=O)[O-]. The van der Waals surface area contributed by atoms with Crippen molar-refractivity contribution in [1.82, 2.24) is 0 Å². The average molecular weight is 278 g/mol. The van der Waals surface area contributed by atoms with E-state index in [1.165, 1.54) is 18.9 Å². The molecule has 1 fully saturated rings. The van der Waals surface area contributed by atoms with Gasteiger partial charge < -0.3 is 10.5 Å². The molecule has 0 atom stereocenters. The summed E-state index contributed by atoms with van der Waals surface area (Å²) in [4.78, 5) is 10.5. The van der Waals surface area contributed by atoms with Crippen molar-refractivity contribution in [2.45, 2.75) is 51.0 Å². The Labute approximate surface area is 119 Å². The minimum atomic E-state index is -0.383. The normalized spacial score (nSPS) is 18.3. The minimum absolute atomic E-state index is 0.0921. The summed E-state index contributed by atoms with van der Waals surface area (Å²) in [6.45, 7) is 2.14. The molecule has 2 N–H and O–H groups in total. The number of benzene rings is 1. The Hall–Kier alpha value is -1.62. The van der Waals surface area contributed by atoms with Gasteiger partial charge in [-0.3, -0.25) is 10.1 Å². The lowest BCUT2D eigenvalue weighted by molar-refractivity contribution is -0.385. The van der Waals surface area contributed by atoms with Crippen molar-refractivity contribution in [3.05, 3.63) is 33.9 Å². The maximum Gasteiger partial charge on any atom is 0.276 e.